The van der Waals surface area contributed by atoms with E-state index in [1.165, 1.54) is 0 Å². The Labute approximate surface area is 151 Å². The van der Waals surface area contributed by atoms with Crippen LogP contribution < -0.4 is 0 Å². The van der Waals surface area contributed by atoms with Crippen LogP contribution in [-0.4, -0.2) is 42.9 Å². The predicted octanol–water partition coefficient (Wildman–Crippen LogP) is 3.14. The fraction of sp³-hybridized carbons (Fsp3) is 0.300. The van der Waals surface area contributed by atoms with Gasteiger partial charge in [-0.1, -0.05) is 17.7 Å². The lowest BCUT2D eigenvalue weighted by atomic mass is 9.96. The maximum absolute atomic E-state index is 13.0. The van der Waals surface area contributed by atoms with Crippen molar-refractivity contribution in [2.24, 2.45) is 0 Å². The lowest BCUT2D eigenvalue weighted by Crippen LogP contribution is -2.40. The maximum atomic E-state index is 13.0. The SMILES string of the molecule is O=C1c2ccc(Cl)cc2CCc2ccc(C(=O)N3CCOCC3)cc21. The topological polar surface area (TPSA) is 46.6 Å². The van der Waals surface area contributed by atoms with Gasteiger partial charge in [0.1, 0.15) is 0 Å². The quantitative estimate of drug-likeness (QED) is 0.789. The molecule has 0 unspecified atom stereocenters. The van der Waals surface area contributed by atoms with Gasteiger partial charge in [-0.3, -0.25) is 9.59 Å². The van der Waals surface area contributed by atoms with Crippen LogP contribution in [0.25, 0.3) is 0 Å². The number of hydrogen-bond donors (Lipinski definition) is 0. The van der Waals surface area contributed by atoms with Crippen molar-refractivity contribution in [2.75, 3.05) is 26.3 Å². The van der Waals surface area contributed by atoms with E-state index in [1.807, 2.05) is 18.2 Å². The summed E-state index contributed by atoms with van der Waals surface area (Å²) in [7, 11) is 0. The number of carbonyl (C=O) groups excluding carboxylic acids is 2. The summed E-state index contributed by atoms with van der Waals surface area (Å²) >= 11 is 6.07. The van der Waals surface area contributed by atoms with E-state index in [0.717, 1.165) is 24.0 Å². The second-order valence-corrected chi connectivity index (χ2v) is 6.84. The lowest BCUT2D eigenvalue weighted by molar-refractivity contribution is 0.0303. The first-order chi connectivity index (χ1) is 12.1. The first-order valence-electron chi connectivity index (χ1n) is 8.46. The summed E-state index contributed by atoms with van der Waals surface area (Å²) in [5, 5.41) is 0.640. The number of ether oxygens (including phenoxy) is 1. The Morgan fingerprint density at radius 2 is 1.72 bits per heavy atom. The molecule has 0 spiro atoms. The highest BCUT2D eigenvalue weighted by Crippen LogP contribution is 2.27. The minimum absolute atomic E-state index is 0.0317. The van der Waals surface area contributed by atoms with Crippen molar-refractivity contribution in [1.82, 2.24) is 4.90 Å². The van der Waals surface area contributed by atoms with Gasteiger partial charge in [-0.15, -0.1) is 0 Å². The average Bonchev–Trinajstić information content (AvgIpc) is 2.78. The van der Waals surface area contributed by atoms with Gasteiger partial charge in [0.25, 0.3) is 5.91 Å². The number of amides is 1. The van der Waals surface area contributed by atoms with E-state index in [4.69, 9.17) is 16.3 Å². The third kappa shape index (κ3) is 3.08. The predicted molar refractivity (Wildman–Crippen MR) is 95.5 cm³/mol. The minimum atomic E-state index is -0.0422. The number of carbonyl (C=O) groups is 2. The van der Waals surface area contributed by atoms with Gasteiger partial charge in [0, 0.05) is 34.8 Å². The van der Waals surface area contributed by atoms with E-state index in [9.17, 15) is 9.59 Å². The molecule has 1 aliphatic heterocycles. The Hall–Kier alpha value is -2.17. The van der Waals surface area contributed by atoms with Gasteiger partial charge in [0.15, 0.2) is 5.78 Å². The Morgan fingerprint density at radius 3 is 2.52 bits per heavy atom. The zero-order chi connectivity index (χ0) is 17.4. The number of aryl methyl sites for hydroxylation is 2. The van der Waals surface area contributed by atoms with E-state index < -0.39 is 0 Å². The number of hydrogen-bond acceptors (Lipinski definition) is 3. The minimum Gasteiger partial charge on any atom is -0.378 e. The molecule has 2 aromatic carbocycles. The highest BCUT2D eigenvalue weighted by Gasteiger charge is 2.24. The van der Waals surface area contributed by atoms with Crippen LogP contribution in [0.4, 0.5) is 0 Å². The molecule has 2 aromatic rings. The van der Waals surface area contributed by atoms with Gasteiger partial charge < -0.3 is 9.64 Å². The molecule has 25 heavy (non-hydrogen) atoms. The van der Waals surface area contributed by atoms with Crippen molar-refractivity contribution >= 4 is 23.3 Å². The van der Waals surface area contributed by atoms with E-state index in [-0.39, 0.29) is 11.7 Å². The summed E-state index contributed by atoms with van der Waals surface area (Å²) in [6.45, 7) is 2.30. The van der Waals surface area contributed by atoms with Crippen molar-refractivity contribution in [3.8, 4) is 0 Å². The lowest BCUT2D eigenvalue weighted by Gasteiger charge is -2.27. The Balaban J connectivity index is 1.70. The summed E-state index contributed by atoms with van der Waals surface area (Å²) < 4.78 is 5.30. The molecule has 4 nitrogen and oxygen atoms in total. The molecule has 0 saturated carbocycles. The monoisotopic (exact) mass is 355 g/mol. The van der Waals surface area contributed by atoms with E-state index in [2.05, 4.69) is 0 Å². The zero-order valence-electron chi connectivity index (χ0n) is 13.8. The summed E-state index contributed by atoms with van der Waals surface area (Å²) in [5.41, 5.74) is 3.82. The van der Waals surface area contributed by atoms with Crippen molar-refractivity contribution in [3.05, 3.63) is 69.2 Å². The number of nitrogens with zero attached hydrogens (tertiary/aromatic N) is 1. The summed E-state index contributed by atoms with van der Waals surface area (Å²) in [5.74, 6) is -0.0738. The van der Waals surface area contributed by atoms with E-state index in [1.54, 1.807) is 23.1 Å². The van der Waals surface area contributed by atoms with Gasteiger partial charge in [-0.2, -0.15) is 0 Å². The highest BCUT2D eigenvalue weighted by molar-refractivity contribution is 6.30. The number of benzene rings is 2. The normalized spacial score (nSPS) is 16.8. The molecule has 5 heteroatoms. The first kappa shape index (κ1) is 16.3. The largest absolute Gasteiger partial charge is 0.378 e. The molecule has 0 radical (unpaired) electrons. The summed E-state index contributed by atoms with van der Waals surface area (Å²) in [4.78, 5) is 27.5. The number of rotatable bonds is 1. The van der Waals surface area contributed by atoms with Crippen molar-refractivity contribution in [1.29, 1.82) is 0 Å². The molecule has 0 aromatic heterocycles. The molecule has 0 atom stereocenters. The van der Waals surface area contributed by atoms with E-state index >= 15 is 0 Å². The Kier molecular flexibility index (Phi) is 4.32. The van der Waals surface area contributed by atoms with Crippen LogP contribution in [0.3, 0.4) is 0 Å². The molecule has 1 amide bonds. The van der Waals surface area contributed by atoms with Crippen LogP contribution >= 0.6 is 11.6 Å². The van der Waals surface area contributed by atoms with Crippen LogP contribution in [0.2, 0.25) is 5.02 Å². The van der Waals surface area contributed by atoms with Crippen LogP contribution in [0.15, 0.2) is 36.4 Å². The second-order valence-electron chi connectivity index (χ2n) is 6.41. The summed E-state index contributed by atoms with van der Waals surface area (Å²) in [6.07, 6.45) is 1.53. The average molecular weight is 356 g/mol. The Bertz CT molecular complexity index is 856. The Morgan fingerprint density at radius 1 is 0.960 bits per heavy atom. The third-order valence-electron chi connectivity index (χ3n) is 4.88. The molecule has 2 aliphatic rings. The van der Waals surface area contributed by atoms with Crippen molar-refractivity contribution < 1.29 is 14.3 Å². The molecule has 1 heterocycles. The first-order valence-corrected chi connectivity index (χ1v) is 8.84. The number of halogens is 1. The van der Waals surface area contributed by atoms with Crippen molar-refractivity contribution in [3.63, 3.8) is 0 Å². The van der Waals surface area contributed by atoms with Crippen LogP contribution in [0.1, 0.15) is 37.4 Å². The van der Waals surface area contributed by atoms with Crippen LogP contribution in [-0.2, 0) is 17.6 Å². The molecule has 4 rings (SSSR count). The second kappa shape index (κ2) is 6.62. The molecule has 1 saturated heterocycles. The molecule has 1 aliphatic carbocycles. The molecule has 1 fully saturated rings. The van der Waals surface area contributed by atoms with Gasteiger partial charge in [-0.05, 0) is 54.3 Å². The van der Waals surface area contributed by atoms with Gasteiger partial charge in [0.2, 0.25) is 0 Å². The molecular formula is C20H18ClNO3. The molecule has 128 valence electrons. The highest BCUT2D eigenvalue weighted by atomic mass is 35.5. The standard InChI is InChI=1S/C20H18ClNO3/c21-16-5-6-17-14(11-16)3-1-13-2-4-15(12-18(13)19(17)23)20(24)22-7-9-25-10-8-22/h2,4-6,11-12H,1,3,7-10H2. The van der Waals surface area contributed by atoms with Gasteiger partial charge in [0.05, 0.1) is 13.2 Å². The molecule has 0 N–H and O–H groups in total. The van der Waals surface area contributed by atoms with Crippen molar-refractivity contribution in [2.45, 2.75) is 12.8 Å². The van der Waals surface area contributed by atoms with Crippen LogP contribution in [0, 0.1) is 0 Å². The smallest absolute Gasteiger partial charge is 0.254 e. The zero-order valence-corrected chi connectivity index (χ0v) is 14.5. The number of morpholine rings is 1. The van der Waals surface area contributed by atoms with E-state index in [0.29, 0.717) is 48.0 Å². The van der Waals surface area contributed by atoms with Gasteiger partial charge >= 0.3 is 0 Å². The number of fused-ring (bicyclic) bond motifs is 2. The molecule has 0 bridgehead atoms. The number of ketones is 1. The summed E-state index contributed by atoms with van der Waals surface area (Å²) in [6, 6.07) is 10.9. The van der Waals surface area contributed by atoms with Crippen LogP contribution in [0.5, 0.6) is 0 Å². The third-order valence-corrected chi connectivity index (χ3v) is 5.11. The molecular weight excluding hydrogens is 338 g/mol. The van der Waals surface area contributed by atoms with Gasteiger partial charge in [-0.25, -0.2) is 0 Å². The fourth-order valence-electron chi connectivity index (χ4n) is 3.49. The maximum Gasteiger partial charge on any atom is 0.254 e. The fourth-order valence-corrected chi connectivity index (χ4v) is 3.69.